The number of hydrogen-bond acceptors (Lipinski definition) is 5. The first kappa shape index (κ1) is 22.5. The molecule has 0 aromatic heterocycles. The maximum atomic E-state index is 13.1. The summed E-state index contributed by atoms with van der Waals surface area (Å²) in [5.41, 5.74) is 1.84. The molecule has 0 spiro atoms. The monoisotopic (exact) mass is 435 g/mol. The van der Waals surface area contributed by atoms with Gasteiger partial charge < -0.3 is 9.64 Å². The Morgan fingerprint density at radius 1 is 1.07 bits per heavy atom. The molecule has 1 aliphatic heterocycles. The normalized spacial score (nSPS) is 15.4. The third-order valence-corrected chi connectivity index (χ3v) is 6.72. The van der Waals surface area contributed by atoms with Gasteiger partial charge in [-0.25, -0.2) is 17.5 Å². The van der Waals surface area contributed by atoms with E-state index in [1.165, 1.54) is 12.1 Å². The van der Waals surface area contributed by atoms with E-state index in [1.54, 1.807) is 18.2 Å². The van der Waals surface area contributed by atoms with Crippen LogP contribution in [0, 0.1) is 12.7 Å². The topological polar surface area (TPSA) is 61.9 Å². The molecule has 2 aromatic rings. The summed E-state index contributed by atoms with van der Waals surface area (Å²) >= 11 is 0. The molecule has 30 heavy (non-hydrogen) atoms. The van der Waals surface area contributed by atoms with Gasteiger partial charge in [-0.3, -0.25) is 4.90 Å². The lowest BCUT2D eigenvalue weighted by Crippen LogP contribution is -2.47. The Morgan fingerprint density at radius 3 is 2.40 bits per heavy atom. The fourth-order valence-corrected chi connectivity index (χ4v) is 4.74. The number of rotatable bonds is 9. The number of anilines is 1. The minimum atomic E-state index is -3.53. The summed E-state index contributed by atoms with van der Waals surface area (Å²) in [5, 5.41) is 0. The van der Waals surface area contributed by atoms with Gasteiger partial charge in [0.05, 0.1) is 11.5 Å². The van der Waals surface area contributed by atoms with E-state index in [2.05, 4.69) is 14.5 Å². The number of nitrogens with zero attached hydrogens (tertiary/aromatic N) is 2. The largest absolute Gasteiger partial charge is 0.494 e. The molecular formula is C22H30FN3O3S. The number of hydrogen-bond donors (Lipinski definition) is 1. The lowest BCUT2D eigenvalue weighted by molar-refractivity contribution is 0.255. The van der Waals surface area contributed by atoms with E-state index in [1.807, 2.05) is 26.0 Å². The van der Waals surface area contributed by atoms with E-state index in [4.69, 9.17) is 4.74 Å². The molecule has 3 rings (SSSR count). The van der Waals surface area contributed by atoms with Crippen LogP contribution in [0.5, 0.6) is 5.75 Å². The van der Waals surface area contributed by atoms with Crippen LogP contribution in [0.4, 0.5) is 10.1 Å². The van der Waals surface area contributed by atoms with E-state index in [-0.39, 0.29) is 10.7 Å². The standard InChI is InChI=1S/C22H30FN3O3S/c1-3-29-22-10-9-21(17-18(22)2)30(27,28)24-11-4-12-25-13-15-26(16-14-25)20-7-5-19(23)6-8-20/h5-10,17,24H,3-4,11-16H2,1-2H3. The summed E-state index contributed by atoms with van der Waals surface area (Å²) in [4.78, 5) is 4.83. The molecular weight excluding hydrogens is 405 g/mol. The second-order valence-corrected chi connectivity index (χ2v) is 9.18. The Morgan fingerprint density at radius 2 is 1.77 bits per heavy atom. The number of nitrogens with one attached hydrogen (secondary N) is 1. The van der Waals surface area contributed by atoms with Gasteiger partial charge >= 0.3 is 0 Å². The van der Waals surface area contributed by atoms with Gasteiger partial charge in [-0.05, 0) is 74.8 Å². The number of piperazine rings is 1. The maximum absolute atomic E-state index is 13.1. The van der Waals surface area contributed by atoms with Crippen molar-refractivity contribution in [3.8, 4) is 5.75 Å². The Labute approximate surface area is 178 Å². The molecule has 0 radical (unpaired) electrons. The number of benzene rings is 2. The van der Waals surface area contributed by atoms with Crippen molar-refractivity contribution in [3.63, 3.8) is 0 Å². The molecule has 0 atom stereocenters. The third-order valence-electron chi connectivity index (χ3n) is 5.26. The molecule has 0 bridgehead atoms. The summed E-state index contributed by atoms with van der Waals surface area (Å²) in [5.74, 6) is 0.483. The summed E-state index contributed by atoms with van der Waals surface area (Å²) in [6, 6.07) is 11.5. The number of ether oxygens (including phenoxy) is 1. The highest BCUT2D eigenvalue weighted by molar-refractivity contribution is 7.89. The second kappa shape index (κ2) is 10.2. The molecule has 1 aliphatic rings. The molecule has 164 valence electrons. The molecule has 1 saturated heterocycles. The van der Waals surface area contributed by atoms with Crippen molar-refractivity contribution in [2.75, 3.05) is 50.8 Å². The smallest absolute Gasteiger partial charge is 0.240 e. The van der Waals surface area contributed by atoms with Crippen molar-refractivity contribution in [1.82, 2.24) is 9.62 Å². The van der Waals surface area contributed by atoms with Gasteiger partial charge in [0.1, 0.15) is 11.6 Å². The van der Waals surface area contributed by atoms with E-state index in [9.17, 15) is 12.8 Å². The molecule has 0 saturated carbocycles. The van der Waals surface area contributed by atoms with Gasteiger partial charge in [-0.2, -0.15) is 0 Å². The first-order valence-electron chi connectivity index (χ1n) is 10.3. The summed E-state index contributed by atoms with van der Waals surface area (Å²) in [7, 11) is -3.53. The fraction of sp³-hybridized carbons (Fsp3) is 0.455. The summed E-state index contributed by atoms with van der Waals surface area (Å²) < 4.78 is 46.3. The molecule has 1 heterocycles. The van der Waals surface area contributed by atoms with Crippen LogP contribution in [0.3, 0.4) is 0 Å². The first-order valence-corrected chi connectivity index (χ1v) is 11.8. The zero-order valence-electron chi connectivity index (χ0n) is 17.6. The highest BCUT2D eigenvalue weighted by Gasteiger charge is 2.18. The summed E-state index contributed by atoms with van der Waals surface area (Å²) in [6.45, 7) is 9.08. The Bertz CT molecular complexity index is 927. The fourth-order valence-electron chi connectivity index (χ4n) is 3.58. The zero-order valence-corrected chi connectivity index (χ0v) is 18.4. The Hall–Kier alpha value is -2.16. The lowest BCUT2D eigenvalue weighted by Gasteiger charge is -2.36. The average Bonchev–Trinajstić information content (AvgIpc) is 2.74. The van der Waals surface area contributed by atoms with Crippen LogP contribution in [0.1, 0.15) is 18.9 Å². The van der Waals surface area contributed by atoms with Crippen LogP contribution in [0.15, 0.2) is 47.4 Å². The van der Waals surface area contributed by atoms with Crippen molar-refractivity contribution >= 4 is 15.7 Å². The van der Waals surface area contributed by atoms with Gasteiger partial charge in [-0.1, -0.05) is 0 Å². The zero-order chi connectivity index (χ0) is 21.6. The number of sulfonamides is 1. The Kier molecular flexibility index (Phi) is 7.69. The quantitative estimate of drug-likeness (QED) is 0.614. The molecule has 0 unspecified atom stereocenters. The number of aryl methyl sites for hydroxylation is 1. The molecule has 6 nitrogen and oxygen atoms in total. The predicted molar refractivity (Wildman–Crippen MR) is 117 cm³/mol. The van der Waals surface area contributed by atoms with Crippen LogP contribution >= 0.6 is 0 Å². The van der Waals surface area contributed by atoms with Crippen LogP contribution < -0.4 is 14.4 Å². The SMILES string of the molecule is CCOc1ccc(S(=O)(=O)NCCCN2CCN(c3ccc(F)cc3)CC2)cc1C. The highest BCUT2D eigenvalue weighted by Crippen LogP contribution is 2.22. The molecule has 0 aliphatic carbocycles. The average molecular weight is 436 g/mol. The number of halogens is 1. The molecule has 2 aromatic carbocycles. The van der Waals surface area contributed by atoms with E-state index >= 15 is 0 Å². The predicted octanol–water partition coefficient (Wildman–Crippen LogP) is 3.02. The molecule has 1 N–H and O–H groups in total. The third kappa shape index (κ3) is 5.93. The van der Waals surface area contributed by atoms with Gasteiger partial charge in [0.25, 0.3) is 0 Å². The van der Waals surface area contributed by atoms with Crippen molar-refractivity contribution in [3.05, 3.63) is 53.8 Å². The van der Waals surface area contributed by atoms with Crippen LogP contribution in [-0.4, -0.2) is 59.2 Å². The van der Waals surface area contributed by atoms with E-state index < -0.39 is 10.0 Å². The van der Waals surface area contributed by atoms with Crippen molar-refractivity contribution in [1.29, 1.82) is 0 Å². The Balaban J connectivity index is 1.41. The summed E-state index contributed by atoms with van der Waals surface area (Å²) in [6.07, 6.45) is 0.742. The second-order valence-electron chi connectivity index (χ2n) is 7.42. The highest BCUT2D eigenvalue weighted by atomic mass is 32.2. The minimum absolute atomic E-state index is 0.222. The maximum Gasteiger partial charge on any atom is 0.240 e. The first-order chi connectivity index (χ1) is 14.4. The van der Waals surface area contributed by atoms with Crippen molar-refractivity contribution < 1.29 is 17.5 Å². The van der Waals surface area contributed by atoms with Gasteiger partial charge in [0, 0.05) is 38.4 Å². The van der Waals surface area contributed by atoms with Gasteiger partial charge in [-0.15, -0.1) is 0 Å². The van der Waals surface area contributed by atoms with Crippen LogP contribution in [0.25, 0.3) is 0 Å². The van der Waals surface area contributed by atoms with Crippen molar-refractivity contribution in [2.24, 2.45) is 0 Å². The minimum Gasteiger partial charge on any atom is -0.494 e. The van der Waals surface area contributed by atoms with E-state index in [0.717, 1.165) is 50.4 Å². The van der Waals surface area contributed by atoms with Gasteiger partial charge in [0.15, 0.2) is 0 Å². The van der Waals surface area contributed by atoms with E-state index in [0.29, 0.717) is 18.9 Å². The molecule has 1 fully saturated rings. The van der Waals surface area contributed by atoms with Crippen molar-refractivity contribution in [2.45, 2.75) is 25.2 Å². The lowest BCUT2D eigenvalue weighted by atomic mass is 10.2. The molecule has 0 amide bonds. The van der Waals surface area contributed by atoms with Crippen LogP contribution in [0.2, 0.25) is 0 Å². The molecule has 8 heteroatoms. The van der Waals surface area contributed by atoms with Crippen LogP contribution in [-0.2, 0) is 10.0 Å². The van der Waals surface area contributed by atoms with Gasteiger partial charge in [0.2, 0.25) is 10.0 Å².